The Balaban J connectivity index is 1.97. The molecule has 0 radical (unpaired) electrons. The second-order valence-corrected chi connectivity index (χ2v) is 10.2. The minimum Gasteiger partial charge on any atom is -0.493 e. The molecular formula is C29H27F2NO4. The molecule has 0 saturated heterocycles. The fourth-order valence-corrected chi connectivity index (χ4v) is 5.04. The zero-order valence-electron chi connectivity index (χ0n) is 20.8. The number of ether oxygens (including phenoxy) is 2. The number of halogens is 2. The van der Waals surface area contributed by atoms with Crippen LogP contribution in [-0.2, 0) is 16.0 Å². The predicted molar refractivity (Wildman–Crippen MR) is 134 cm³/mol. The molecule has 1 aliphatic heterocycles. The molecule has 0 saturated carbocycles. The Morgan fingerprint density at radius 2 is 1.89 bits per heavy atom. The van der Waals surface area contributed by atoms with Crippen molar-refractivity contribution in [2.75, 3.05) is 6.61 Å². The Bertz CT molecular complexity index is 1550. The van der Waals surface area contributed by atoms with Crippen LogP contribution in [0.1, 0.15) is 49.1 Å². The second-order valence-electron chi connectivity index (χ2n) is 10.2. The molecule has 0 bridgehead atoms. The van der Waals surface area contributed by atoms with Crippen LogP contribution in [0.5, 0.6) is 5.75 Å². The summed E-state index contributed by atoms with van der Waals surface area (Å²) in [5, 5.41) is 11.5. The van der Waals surface area contributed by atoms with Gasteiger partial charge in [0.15, 0.2) is 6.10 Å². The van der Waals surface area contributed by atoms with E-state index >= 15 is 4.39 Å². The number of carbonyl (C=O) groups is 1. The summed E-state index contributed by atoms with van der Waals surface area (Å²) in [6, 6.07) is 8.36. The van der Waals surface area contributed by atoms with Crippen LogP contribution in [-0.4, -0.2) is 28.3 Å². The van der Waals surface area contributed by atoms with Crippen LogP contribution in [0.4, 0.5) is 8.78 Å². The zero-order chi connectivity index (χ0) is 25.9. The van der Waals surface area contributed by atoms with E-state index in [1.54, 1.807) is 52.1 Å². The van der Waals surface area contributed by atoms with Gasteiger partial charge in [0.1, 0.15) is 17.4 Å². The van der Waals surface area contributed by atoms with Gasteiger partial charge in [-0.15, -0.1) is 0 Å². The van der Waals surface area contributed by atoms with E-state index in [0.29, 0.717) is 46.5 Å². The molecule has 0 spiro atoms. The molecule has 186 valence electrons. The molecule has 0 amide bonds. The zero-order valence-corrected chi connectivity index (χ0v) is 20.8. The van der Waals surface area contributed by atoms with Gasteiger partial charge >= 0.3 is 5.97 Å². The van der Waals surface area contributed by atoms with Gasteiger partial charge < -0.3 is 14.6 Å². The lowest BCUT2D eigenvalue weighted by molar-refractivity contribution is -0.160. The number of carboxylic acids is 1. The quantitative estimate of drug-likeness (QED) is 0.339. The smallest absolute Gasteiger partial charge is 0.337 e. The maximum absolute atomic E-state index is 15.4. The fraction of sp³-hybridized carbons (Fsp3) is 0.310. The molecule has 7 heteroatoms. The summed E-state index contributed by atoms with van der Waals surface area (Å²) in [5.74, 6) is -1.90. The van der Waals surface area contributed by atoms with E-state index in [9.17, 15) is 14.3 Å². The highest BCUT2D eigenvalue weighted by molar-refractivity contribution is 6.09. The topological polar surface area (TPSA) is 68.7 Å². The first-order chi connectivity index (χ1) is 17.0. The van der Waals surface area contributed by atoms with Crippen LogP contribution in [0.3, 0.4) is 0 Å². The largest absolute Gasteiger partial charge is 0.493 e. The van der Waals surface area contributed by atoms with Crippen molar-refractivity contribution >= 4 is 27.6 Å². The van der Waals surface area contributed by atoms with E-state index in [1.165, 1.54) is 13.0 Å². The Hall–Kier alpha value is -3.58. The molecule has 3 aromatic carbocycles. The van der Waals surface area contributed by atoms with Crippen molar-refractivity contribution in [3.05, 3.63) is 70.4 Å². The standard InChI is InChI=1S/C29H27F2NO4/c1-14-12-19-18(13-20(30)15(2)25(19)31)24(22(14)27(28(33)34)36-29(3,4)5)17-6-7-21-23-16(9-11-35-21)8-10-32-26(17)23/h6-8,10,12-13,27H,9,11H2,1-5H3,(H,33,34)/t27-/m0/s1. The highest BCUT2D eigenvalue weighted by Crippen LogP contribution is 2.46. The number of fused-ring (bicyclic) bond motifs is 1. The monoisotopic (exact) mass is 491 g/mol. The Morgan fingerprint density at radius 3 is 2.58 bits per heavy atom. The number of hydrogen-bond donors (Lipinski definition) is 1. The summed E-state index contributed by atoms with van der Waals surface area (Å²) in [4.78, 5) is 17.2. The van der Waals surface area contributed by atoms with Crippen molar-refractivity contribution in [1.29, 1.82) is 0 Å². The van der Waals surface area contributed by atoms with Crippen LogP contribution in [0.25, 0.3) is 32.8 Å². The van der Waals surface area contributed by atoms with E-state index in [-0.39, 0.29) is 16.3 Å². The summed E-state index contributed by atoms with van der Waals surface area (Å²) in [6.07, 6.45) is 1.02. The van der Waals surface area contributed by atoms with Crippen molar-refractivity contribution in [1.82, 2.24) is 4.98 Å². The van der Waals surface area contributed by atoms with Crippen LogP contribution in [0, 0.1) is 25.5 Å². The molecule has 1 aliphatic rings. The fourth-order valence-electron chi connectivity index (χ4n) is 5.04. The Morgan fingerprint density at radius 1 is 1.14 bits per heavy atom. The third kappa shape index (κ3) is 3.88. The molecule has 0 fully saturated rings. The van der Waals surface area contributed by atoms with Crippen molar-refractivity contribution in [2.24, 2.45) is 0 Å². The van der Waals surface area contributed by atoms with Gasteiger partial charge in [0.25, 0.3) is 0 Å². The molecular weight excluding hydrogens is 464 g/mol. The number of nitrogens with zero attached hydrogens (tertiary/aromatic N) is 1. The van der Waals surface area contributed by atoms with E-state index in [2.05, 4.69) is 4.98 Å². The summed E-state index contributed by atoms with van der Waals surface area (Å²) in [7, 11) is 0. The van der Waals surface area contributed by atoms with Gasteiger partial charge in [-0.3, -0.25) is 4.98 Å². The lowest BCUT2D eigenvalue weighted by Gasteiger charge is -2.29. The van der Waals surface area contributed by atoms with Gasteiger partial charge in [-0.25, -0.2) is 13.6 Å². The van der Waals surface area contributed by atoms with E-state index in [1.807, 2.05) is 6.07 Å². The van der Waals surface area contributed by atoms with Crippen LogP contribution in [0.15, 0.2) is 36.5 Å². The molecule has 1 N–H and O–H groups in total. The number of aryl methyl sites for hydroxylation is 1. The van der Waals surface area contributed by atoms with Crippen LogP contribution < -0.4 is 4.74 Å². The molecule has 2 heterocycles. The van der Waals surface area contributed by atoms with Gasteiger partial charge in [-0.1, -0.05) is 0 Å². The third-order valence-electron chi connectivity index (χ3n) is 6.61. The molecule has 1 atom stereocenters. The number of rotatable bonds is 4. The first-order valence-corrected chi connectivity index (χ1v) is 11.8. The van der Waals surface area contributed by atoms with Gasteiger partial charge in [-0.05, 0) is 87.0 Å². The molecule has 1 aromatic heterocycles. The van der Waals surface area contributed by atoms with Gasteiger partial charge in [0.05, 0.1) is 17.7 Å². The molecule has 36 heavy (non-hydrogen) atoms. The summed E-state index contributed by atoms with van der Waals surface area (Å²) in [6.45, 7) is 8.95. The second kappa shape index (κ2) is 8.52. The van der Waals surface area contributed by atoms with E-state index in [4.69, 9.17) is 9.47 Å². The normalized spacial score (nSPS) is 14.2. The van der Waals surface area contributed by atoms with E-state index in [0.717, 1.165) is 10.9 Å². The number of pyridine rings is 1. The number of carboxylic acid groups (broad SMARTS) is 1. The highest BCUT2D eigenvalue weighted by atomic mass is 19.1. The lowest BCUT2D eigenvalue weighted by Crippen LogP contribution is -2.28. The van der Waals surface area contributed by atoms with Crippen molar-refractivity contribution in [2.45, 2.75) is 52.7 Å². The number of benzene rings is 3. The highest BCUT2D eigenvalue weighted by Gasteiger charge is 2.33. The predicted octanol–water partition coefficient (Wildman–Crippen LogP) is 6.83. The molecule has 0 aliphatic carbocycles. The van der Waals surface area contributed by atoms with Crippen molar-refractivity contribution in [3.63, 3.8) is 0 Å². The Labute approximate surface area is 207 Å². The van der Waals surface area contributed by atoms with E-state index < -0.39 is 29.3 Å². The van der Waals surface area contributed by atoms with Crippen molar-refractivity contribution < 1.29 is 28.2 Å². The molecule has 5 rings (SSSR count). The third-order valence-corrected chi connectivity index (χ3v) is 6.61. The molecule has 4 aromatic rings. The maximum atomic E-state index is 15.4. The lowest BCUT2D eigenvalue weighted by atomic mass is 9.85. The van der Waals surface area contributed by atoms with Crippen LogP contribution >= 0.6 is 0 Å². The number of aromatic nitrogens is 1. The summed E-state index contributed by atoms with van der Waals surface area (Å²) >= 11 is 0. The maximum Gasteiger partial charge on any atom is 0.337 e. The first kappa shape index (κ1) is 24.1. The van der Waals surface area contributed by atoms with Crippen molar-refractivity contribution in [3.8, 4) is 16.9 Å². The average Bonchev–Trinajstić information content (AvgIpc) is 2.81. The minimum absolute atomic E-state index is 0.0928. The summed E-state index contributed by atoms with van der Waals surface area (Å²) in [5.41, 5.74) is 2.57. The minimum atomic E-state index is -1.38. The van der Waals surface area contributed by atoms with Crippen LogP contribution in [0.2, 0.25) is 0 Å². The number of aliphatic carboxylic acids is 1. The van der Waals surface area contributed by atoms with Gasteiger partial charge in [0.2, 0.25) is 0 Å². The molecule has 0 unspecified atom stereocenters. The van der Waals surface area contributed by atoms with Gasteiger partial charge in [0, 0.05) is 40.1 Å². The summed E-state index contributed by atoms with van der Waals surface area (Å²) < 4.78 is 42.2. The molecule has 5 nitrogen and oxygen atoms in total. The van der Waals surface area contributed by atoms with Gasteiger partial charge in [-0.2, -0.15) is 0 Å². The SMILES string of the molecule is Cc1cc2c(F)c(C)c(F)cc2c(-c2ccc3c4c(ccnc24)CCO3)c1[C@H](OC(C)(C)C)C(=O)O. The number of hydrogen-bond acceptors (Lipinski definition) is 4. The first-order valence-electron chi connectivity index (χ1n) is 11.8. The average molecular weight is 492 g/mol. The Kier molecular flexibility index (Phi) is 5.71.